The number of amides is 1. The lowest BCUT2D eigenvalue weighted by atomic mass is 9.75. The highest BCUT2D eigenvalue weighted by Gasteiger charge is 2.49. The van der Waals surface area contributed by atoms with E-state index >= 15 is 0 Å². The molecular weight excluding hydrogens is 268 g/mol. The summed E-state index contributed by atoms with van der Waals surface area (Å²) < 4.78 is 0. The SMILES string of the molecule is CN(C(=O)C1(C)CCCC1N)C1(CC(=O)O)CCCCC1. The summed E-state index contributed by atoms with van der Waals surface area (Å²) in [6.07, 6.45) is 7.38. The van der Waals surface area contributed by atoms with Gasteiger partial charge in [-0.1, -0.05) is 25.7 Å². The zero-order valence-electron chi connectivity index (χ0n) is 13.2. The van der Waals surface area contributed by atoms with Crippen molar-refractivity contribution in [1.29, 1.82) is 0 Å². The lowest BCUT2D eigenvalue weighted by molar-refractivity contribution is -0.152. The summed E-state index contributed by atoms with van der Waals surface area (Å²) in [5.74, 6) is -0.784. The van der Waals surface area contributed by atoms with E-state index in [-0.39, 0.29) is 18.4 Å². The highest BCUT2D eigenvalue weighted by molar-refractivity contribution is 5.84. The van der Waals surface area contributed by atoms with E-state index in [1.165, 1.54) is 0 Å². The fourth-order valence-electron chi connectivity index (χ4n) is 4.18. The number of carboxylic acids is 1. The van der Waals surface area contributed by atoms with E-state index in [1.54, 1.807) is 11.9 Å². The summed E-state index contributed by atoms with van der Waals surface area (Å²) in [6.45, 7) is 1.95. The highest BCUT2D eigenvalue weighted by Crippen LogP contribution is 2.43. The molecule has 2 aliphatic carbocycles. The van der Waals surface area contributed by atoms with Crippen LogP contribution >= 0.6 is 0 Å². The molecule has 3 N–H and O–H groups in total. The summed E-state index contributed by atoms with van der Waals surface area (Å²) >= 11 is 0. The smallest absolute Gasteiger partial charge is 0.305 e. The third kappa shape index (κ3) is 2.93. The van der Waals surface area contributed by atoms with Crippen LogP contribution in [0, 0.1) is 5.41 Å². The van der Waals surface area contributed by atoms with Gasteiger partial charge in [0, 0.05) is 13.1 Å². The minimum absolute atomic E-state index is 0.0376. The first kappa shape index (κ1) is 16.3. The molecule has 0 aromatic rings. The zero-order valence-corrected chi connectivity index (χ0v) is 13.2. The second-order valence-corrected chi connectivity index (χ2v) is 7.14. The van der Waals surface area contributed by atoms with Crippen LogP contribution in [0.4, 0.5) is 0 Å². The van der Waals surface area contributed by atoms with Gasteiger partial charge in [0.15, 0.2) is 0 Å². The van der Waals surface area contributed by atoms with E-state index in [2.05, 4.69) is 0 Å². The third-order valence-electron chi connectivity index (χ3n) is 5.80. The number of hydrogen-bond acceptors (Lipinski definition) is 3. The minimum atomic E-state index is -0.822. The minimum Gasteiger partial charge on any atom is -0.481 e. The van der Waals surface area contributed by atoms with Gasteiger partial charge in [0.1, 0.15) is 0 Å². The van der Waals surface area contributed by atoms with Crippen LogP contribution in [0.3, 0.4) is 0 Å². The van der Waals surface area contributed by atoms with E-state index < -0.39 is 16.9 Å². The number of hydrogen-bond donors (Lipinski definition) is 2. The van der Waals surface area contributed by atoms with Crippen molar-refractivity contribution in [3.8, 4) is 0 Å². The van der Waals surface area contributed by atoms with Gasteiger partial charge in [-0.25, -0.2) is 0 Å². The Kier molecular flexibility index (Phi) is 4.61. The molecule has 2 saturated carbocycles. The number of nitrogens with zero attached hydrogens (tertiary/aromatic N) is 1. The van der Waals surface area contributed by atoms with Gasteiger partial charge < -0.3 is 15.7 Å². The number of carbonyl (C=O) groups excluding carboxylic acids is 1. The first-order valence-corrected chi connectivity index (χ1v) is 8.07. The van der Waals surface area contributed by atoms with E-state index in [0.29, 0.717) is 0 Å². The lowest BCUT2D eigenvalue weighted by Crippen LogP contribution is -2.58. The van der Waals surface area contributed by atoms with Crippen LogP contribution in [0.15, 0.2) is 0 Å². The molecular formula is C16H28N2O3. The van der Waals surface area contributed by atoms with E-state index in [4.69, 9.17) is 5.73 Å². The fourth-order valence-corrected chi connectivity index (χ4v) is 4.18. The van der Waals surface area contributed by atoms with E-state index in [0.717, 1.165) is 51.4 Å². The van der Waals surface area contributed by atoms with Crippen molar-refractivity contribution in [3.63, 3.8) is 0 Å². The molecule has 5 nitrogen and oxygen atoms in total. The second kappa shape index (κ2) is 5.95. The normalized spacial score (nSPS) is 31.9. The Labute approximate surface area is 126 Å². The van der Waals surface area contributed by atoms with Crippen molar-refractivity contribution >= 4 is 11.9 Å². The Balaban J connectivity index is 2.23. The fraction of sp³-hybridized carbons (Fsp3) is 0.875. The number of rotatable bonds is 4. The van der Waals surface area contributed by atoms with Gasteiger partial charge in [0.2, 0.25) is 5.91 Å². The topological polar surface area (TPSA) is 83.6 Å². The van der Waals surface area contributed by atoms with Gasteiger partial charge in [0.25, 0.3) is 0 Å². The van der Waals surface area contributed by atoms with Crippen molar-refractivity contribution < 1.29 is 14.7 Å². The van der Waals surface area contributed by atoms with Crippen molar-refractivity contribution in [3.05, 3.63) is 0 Å². The summed E-state index contributed by atoms with van der Waals surface area (Å²) in [5, 5.41) is 9.28. The molecule has 0 heterocycles. The standard InChI is InChI=1S/C16H28N2O3/c1-15(8-6-7-12(15)17)14(21)18(2)16(11-13(19)20)9-4-3-5-10-16/h12H,3-11,17H2,1-2H3,(H,19,20). The van der Waals surface area contributed by atoms with Crippen LogP contribution in [0.5, 0.6) is 0 Å². The quantitative estimate of drug-likeness (QED) is 0.832. The molecule has 0 saturated heterocycles. The van der Waals surface area contributed by atoms with Gasteiger partial charge in [-0.05, 0) is 32.6 Å². The molecule has 0 spiro atoms. The molecule has 0 aromatic heterocycles. The third-order valence-corrected chi connectivity index (χ3v) is 5.80. The lowest BCUT2D eigenvalue weighted by Gasteiger charge is -2.47. The van der Waals surface area contributed by atoms with Gasteiger partial charge in [-0.3, -0.25) is 9.59 Å². The van der Waals surface area contributed by atoms with E-state index in [1.807, 2.05) is 6.92 Å². The number of carboxylic acid groups (broad SMARTS) is 1. The van der Waals surface area contributed by atoms with Crippen LogP contribution in [0.2, 0.25) is 0 Å². The average molecular weight is 296 g/mol. The molecule has 2 aliphatic rings. The number of aliphatic carboxylic acids is 1. The van der Waals surface area contributed by atoms with Gasteiger partial charge >= 0.3 is 5.97 Å². The Morgan fingerprint density at radius 2 is 1.81 bits per heavy atom. The molecule has 2 unspecified atom stereocenters. The largest absolute Gasteiger partial charge is 0.481 e. The van der Waals surface area contributed by atoms with Crippen LogP contribution in [-0.4, -0.2) is 40.5 Å². The van der Waals surface area contributed by atoms with Crippen LogP contribution in [-0.2, 0) is 9.59 Å². The Morgan fingerprint density at radius 1 is 1.19 bits per heavy atom. The Bertz CT molecular complexity index is 418. The molecule has 1 amide bonds. The van der Waals surface area contributed by atoms with Crippen molar-refractivity contribution in [2.45, 2.75) is 76.3 Å². The Hall–Kier alpha value is -1.10. The maximum Gasteiger partial charge on any atom is 0.305 e. The zero-order chi connectivity index (χ0) is 15.7. The predicted molar refractivity (Wildman–Crippen MR) is 80.8 cm³/mol. The number of carbonyl (C=O) groups is 2. The maximum absolute atomic E-state index is 13.0. The molecule has 5 heteroatoms. The molecule has 0 bridgehead atoms. The van der Waals surface area contributed by atoms with Crippen molar-refractivity contribution in [2.24, 2.45) is 11.1 Å². The van der Waals surface area contributed by atoms with E-state index in [9.17, 15) is 14.7 Å². The van der Waals surface area contributed by atoms with Gasteiger partial charge in [-0.2, -0.15) is 0 Å². The first-order chi connectivity index (χ1) is 9.82. The summed E-state index contributed by atoms with van der Waals surface area (Å²) in [6, 6.07) is -0.113. The molecule has 2 atom stereocenters. The van der Waals surface area contributed by atoms with Crippen LogP contribution in [0.1, 0.15) is 64.7 Å². The monoisotopic (exact) mass is 296 g/mol. The summed E-state index contributed by atoms with van der Waals surface area (Å²) in [7, 11) is 1.78. The molecule has 0 aromatic carbocycles. The summed E-state index contributed by atoms with van der Waals surface area (Å²) in [5.41, 5.74) is 5.11. The first-order valence-electron chi connectivity index (χ1n) is 8.07. The van der Waals surface area contributed by atoms with Crippen molar-refractivity contribution in [1.82, 2.24) is 4.90 Å². The highest BCUT2D eigenvalue weighted by atomic mass is 16.4. The van der Waals surface area contributed by atoms with Crippen molar-refractivity contribution in [2.75, 3.05) is 7.05 Å². The Morgan fingerprint density at radius 3 is 2.29 bits per heavy atom. The summed E-state index contributed by atoms with van der Waals surface area (Å²) in [4.78, 5) is 26.1. The van der Waals surface area contributed by atoms with Crippen LogP contribution < -0.4 is 5.73 Å². The molecule has 0 radical (unpaired) electrons. The molecule has 120 valence electrons. The average Bonchev–Trinajstić information content (AvgIpc) is 2.78. The number of nitrogens with two attached hydrogens (primary N) is 1. The second-order valence-electron chi connectivity index (χ2n) is 7.14. The molecule has 0 aliphatic heterocycles. The molecule has 2 rings (SSSR count). The van der Waals surface area contributed by atoms with Gasteiger partial charge in [0.05, 0.1) is 17.4 Å². The van der Waals surface area contributed by atoms with Gasteiger partial charge in [-0.15, -0.1) is 0 Å². The molecule has 21 heavy (non-hydrogen) atoms. The predicted octanol–water partition coefficient (Wildman–Crippen LogP) is 2.14. The molecule has 2 fully saturated rings. The maximum atomic E-state index is 13.0. The van der Waals surface area contributed by atoms with Crippen LogP contribution in [0.25, 0.3) is 0 Å².